The van der Waals surface area contributed by atoms with E-state index in [1.165, 1.54) is 6.07 Å². The highest BCUT2D eigenvalue weighted by Crippen LogP contribution is 2.14. The summed E-state index contributed by atoms with van der Waals surface area (Å²) in [5.74, 6) is 1.13. The van der Waals surface area contributed by atoms with Gasteiger partial charge in [-0.25, -0.2) is 4.79 Å². The van der Waals surface area contributed by atoms with Crippen molar-refractivity contribution < 1.29 is 19.2 Å². The van der Waals surface area contributed by atoms with E-state index in [9.17, 15) is 4.79 Å². The molecule has 6 heteroatoms. The summed E-state index contributed by atoms with van der Waals surface area (Å²) < 4.78 is 9.75. The van der Waals surface area contributed by atoms with Gasteiger partial charge in [0.2, 0.25) is 0 Å². The molecule has 0 radical (unpaired) electrons. The van der Waals surface area contributed by atoms with E-state index in [-0.39, 0.29) is 5.69 Å². The summed E-state index contributed by atoms with van der Waals surface area (Å²) >= 11 is 1.66. The van der Waals surface area contributed by atoms with Crippen molar-refractivity contribution in [1.29, 1.82) is 0 Å². The largest absolute Gasteiger partial charge is 0.476 e. The normalized spacial score (nSPS) is 10.5. The van der Waals surface area contributed by atoms with Gasteiger partial charge >= 0.3 is 5.97 Å². The number of methoxy groups -OCH3 is 1. The second kappa shape index (κ2) is 6.47. The van der Waals surface area contributed by atoms with Crippen LogP contribution in [0.4, 0.5) is 0 Å². The molecule has 0 fully saturated rings. The molecule has 1 aromatic rings. The fourth-order valence-electron chi connectivity index (χ4n) is 0.960. The molecule has 1 N–H and O–H groups in total. The summed E-state index contributed by atoms with van der Waals surface area (Å²) in [6, 6.07) is 1.45. The van der Waals surface area contributed by atoms with Gasteiger partial charge in [0.1, 0.15) is 5.76 Å². The first-order chi connectivity index (χ1) is 7.24. The molecule has 0 aliphatic heterocycles. The van der Waals surface area contributed by atoms with Crippen molar-refractivity contribution in [2.75, 3.05) is 19.5 Å². The number of carboxylic acid groups (broad SMARTS) is 1. The number of hydrogen-bond acceptors (Lipinski definition) is 5. The molecule has 0 bridgehead atoms. The first-order valence-electron chi connectivity index (χ1n) is 4.49. The molecule has 0 atom stereocenters. The van der Waals surface area contributed by atoms with Crippen LogP contribution in [-0.2, 0) is 10.5 Å². The Hall–Kier alpha value is -1.01. The lowest BCUT2D eigenvalue weighted by Crippen LogP contribution is -1.94. The molecular formula is C9H13NO4S. The Morgan fingerprint density at radius 3 is 3.13 bits per heavy atom. The summed E-state index contributed by atoms with van der Waals surface area (Å²) in [5, 5.41) is 12.0. The number of nitrogens with zero attached hydrogens (tertiary/aromatic N) is 1. The molecule has 0 aromatic carbocycles. The molecule has 84 valence electrons. The van der Waals surface area contributed by atoms with E-state index in [2.05, 4.69) is 5.16 Å². The fourth-order valence-corrected chi connectivity index (χ4v) is 1.76. The van der Waals surface area contributed by atoms with Gasteiger partial charge in [-0.15, -0.1) is 0 Å². The van der Waals surface area contributed by atoms with Crippen LogP contribution in [-0.4, -0.2) is 35.7 Å². The highest BCUT2D eigenvalue weighted by molar-refractivity contribution is 7.98. The third kappa shape index (κ3) is 4.35. The maximum Gasteiger partial charge on any atom is 0.358 e. The molecule has 0 aliphatic carbocycles. The minimum atomic E-state index is -1.06. The van der Waals surface area contributed by atoms with Crippen molar-refractivity contribution in [2.45, 2.75) is 12.2 Å². The van der Waals surface area contributed by atoms with Crippen molar-refractivity contribution in [1.82, 2.24) is 5.16 Å². The Morgan fingerprint density at radius 1 is 1.73 bits per heavy atom. The van der Waals surface area contributed by atoms with Crippen LogP contribution in [0.1, 0.15) is 22.7 Å². The number of rotatable bonds is 7. The van der Waals surface area contributed by atoms with E-state index in [1.807, 2.05) is 0 Å². The molecule has 15 heavy (non-hydrogen) atoms. The monoisotopic (exact) mass is 231 g/mol. The van der Waals surface area contributed by atoms with Crippen LogP contribution in [0, 0.1) is 0 Å². The van der Waals surface area contributed by atoms with Crippen molar-refractivity contribution >= 4 is 17.7 Å². The standard InChI is InChI=1S/C9H13NO4S/c1-13-3-2-4-15-6-7-5-8(9(11)12)10-14-7/h5H,2-4,6H2,1H3,(H,11,12). The van der Waals surface area contributed by atoms with E-state index in [0.717, 1.165) is 18.8 Å². The highest BCUT2D eigenvalue weighted by atomic mass is 32.2. The van der Waals surface area contributed by atoms with Gasteiger partial charge in [-0.2, -0.15) is 11.8 Å². The second-order valence-electron chi connectivity index (χ2n) is 2.88. The molecular weight excluding hydrogens is 218 g/mol. The van der Waals surface area contributed by atoms with Gasteiger partial charge in [0.15, 0.2) is 5.69 Å². The highest BCUT2D eigenvalue weighted by Gasteiger charge is 2.09. The van der Waals surface area contributed by atoms with E-state index >= 15 is 0 Å². The van der Waals surface area contributed by atoms with Crippen molar-refractivity contribution in [2.24, 2.45) is 0 Å². The van der Waals surface area contributed by atoms with Gasteiger partial charge in [-0.05, 0) is 12.2 Å². The average molecular weight is 231 g/mol. The number of hydrogen-bond donors (Lipinski definition) is 1. The van der Waals surface area contributed by atoms with Crippen LogP contribution < -0.4 is 0 Å². The third-order valence-corrected chi connectivity index (χ3v) is 2.73. The van der Waals surface area contributed by atoms with Crippen molar-refractivity contribution in [3.63, 3.8) is 0 Å². The molecule has 1 aromatic heterocycles. The Balaban J connectivity index is 2.23. The Bertz CT molecular complexity index is 313. The lowest BCUT2D eigenvalue weighted by molar-refractivity contribution is 0.0685. The fraction of sp³-hybridized carbons (Fsp3) is 0.556. The zero-order valence-electron chi connectivity index (χ0n) is 8.43. The summed E-state index contributed by atoms with van der Waals surface area (Å²) in [6.07, 6.45) is 0.973. The van der Waals surface area contributed by atoms with E-state index < -0.39 is 5.97 Å². The summed E-state index contributed by atoms with van der Waals surface area (Å²) in [7, 11) is 1.67. The van der Waals surface area contributed by atoms with Gasteiger partial charge < -0.3 is 14.4 Å². The number of aromatic nitrogens is 1. The Morgan fingerprint density at radius 2 is 2.53 bits per heavy atom. The lowest BCUT2D eigenvalue weighted by Gasteiger charge is -1.97. The smallest absolute Gasteiger partial charge is 0.358 e. The molecule has 0 spiro atoms. The summed E-state index contributed by atoms with van der Waals surface area (Å²) in [5.41, 5.74) is -0.0394. The Labute approximate surface area is 91.8 Å². The number of aromatic carboxylic acids is 1. The number of thioether (sulfide) groups is 1. The number of carbonyl (C=O) groups is 1. The molecule has 5 nitrogen and oxygen atoms in total. The first-order valence-corrected chi connectivity index (χ1v) is 5.65. The predicted octanol–water partition coefficient (Wildman–Crippen LogP) is 1.64. The van der Waals surface area contributed by atoms with Crippen LogP contribution in [0.2, 0.25) is 0 Å². The second-order valence-corrected chi connectivity index (χ2v) is 3.99. The van der Waals surface area contributed by atoms with Crippen molar-refractivity contribution in [3.8, 4) is 0 Å². The summed E-state index contributed by atoms with van der Waals surface area (Å²) in [4.78, 5) is 10.5. The van der Waals surface area contributed by atoms with Crippen LogP contribution >= 0.6 is 11.8 Å². The van der Waals surface area contributed by atoms with Gasteiger partial charge in [0.05, 0.1) is 5.75 Å². The zero-order valence-corrected chi connectivity index (χ0v) is 9.25. The molecule has 0 aliphatic rings. The maximum absolute atomic E-state index is 10.5. The lowest BCUT2D eigenvalue weighted by atomic mass is 10.4. The van der Waals surface area contributed by atoms with Gasteiger partial charge in [-0.1, -0.05) is 5.16 Å². The van der Waals surface area contributed by atoms with E-state index in [1.54, 1.807) is 18.9 Å². The van der Waals surface area contributed by atoms with Crippen LogP contribution in [0.5, 0.6) is 0 Å². The number of ether oxygens (including phenoxy) is 1. The van der Waals surface area contributed by atoms with Crippen molar-refractivity contribution in [3.05, 3.63) is 17.5 Å². The predicted molar refractivity (Wildman–Crippen MR) is 56.1 cm³/mol. The van der Waals surface area contributed by atoms with Crippen LogP contribution in [0.15, 0.2) is 10.6 Å². The topological polar surface area (TPSA) is 72.6 Å². The van der Waals surface area contributed by atoms with Crippen LogP contribution in [0.25, 0.3) is 0 Å². The van der Waals surface area contributed by atoms with E-state index in [0.29, 0.717) is 11.5 Å². The van der Waals surface area contributed by atoms with Gasteiger partial charge in [0.25, 0.3) is 0 Å². The minimum absolute atomic E-state index is 0.0394. The SMILES string of the molecule is COCCCSCc1cc(C(=O)O)no1. The van der Waals surface area contributed by atoms with Crippen LogP contribution in [0.3, 0.4) is 0 Å². The molecule has 1 heterocycles. The summed E-state index contributed by atoms with van der Waals surface area (Å²) in [6.45, 7) is 0.740. The molecule has 0 amide bonds. The molecule has 0 saturated carbocycles. The minimum Gasteiger partial charge on any atom is -0.476 e. The van der Waals surface area contributed by atoms with E-state index in [4.69, 9.17) is 14.4 Å². The van der Waals surface area contributed by atoms with Gasteiger partial charge in [0, 0.05) is 19.8 Å². The Kier molecular flexibility index (Phi) is 5.20. The average Bonchev–Trinajstić information content (AvgIpc) is 2.66. The number of carboxylic acids is 1. The first kappa shape index (κ1) is 12.1. The third-order valence-electron chi connectivity index (χ3n) is 1.66. The zero-order chi connectivity index (χ0) is 11.1. The molecule has 1 rings (SSSR count). The van der Waals surface area contributed by atoms with Gasteiger partial charge in [-0.3, -0.25) is 0 Å². The molecule has 0 unspecified atom stereocenters. The maximum atomic E-state index is 10.5. The molecule has 0 saturated heterocycles. The quantitative estimate of drug-likeness (QED) is 0.719.